The molecule has 0 radical (unpaired) electrons. The van der Waals surface area contributed by atoms with Gasteiger partial charge in [0, 0.05) is 32.1 Å². The first-order valence-corrected chi connectivity index (χ1v) is 5.41. The highest BCUT2D eigenvalue weighted by atomic mass is 16.2. The van der Waals surface area contributed by atoms with E-state index >= 15 is 0 Å². The van der Waals surface area contributed by atoms with Crippen LogP contribution in [0.5, 0.6) is 0 Å². The number of nitrogens with zero attached hydrogens (tertiary/aromatic N) is 4. The highest BCUT2D eigenvalue weighted by Crippen LogP contribution is 2.39. The van der Waals surface area contributed by atoms with E-state index in [2.05, 4.69) is 10.3 Å². The second-order valence-electron chi connectivity index (χ2n) is 4.48. The summed E-state index contributed by atoms with van der Waals surface area (Å²) >= 11 is 0. The smallest absolute Gasteiger partial charge is 0.219 e. The van der Waals surface area contributed by atoms with Crippen LogP contribution in [0.1, 0.15) is 37.4 Å². The highest BCUT2D eigenvalue weighted by Gasteiger charge is 2.32. The SMILES string of the molecule is CC(=O)N1CC(n2cc(C3CC3)nn2)C1. The molecule has 5 nitrogen and oxygen atoms in total. The van der Waals surface area contributed by atoms with Crippen molar-refractivity contribution in [3.63, 3.8) is 0 Å². The van der Waals surface area contributed by atoms with Gasteiger partial charge in [-0.05, 0) is 12.8 Å². The Morgan fingerprint density at radius 1 is 1.47 bits per heavy atom. The third-order valence-electron chi connectivity index (χ3n) is 3.21. The van der Waals surface area contributed by atoms with Crippen LogP contribution in [0.25, 0.3) is 0 Å². The molecule has 0 bridgehead atoms. The summed E-state index contributed by atoms with van der Waals surface area (Å²) < 4.78 is 1.91. The molecule has 1 aliphatic carbocycles. The molecule has 3 rings (SSSR count). The predicted octanol–water partition coefficient (Wildman–Crippen LogP) is 0.559. The van der Waals surface area contributed by atoms with Crippen molar-refractivity contribution in [2.75, 3.05) is 13.1 Å². The van der Waals surface area contributed by atoms with E-state index in [0.29, 0.717) is 12.0 Å². The van der Waals surface area contributed by atoms with E-state index in [0.717, 1.165) is 18.8 Å². The number of hydrogen-bond acceptors (Lipinski definition) is 3. The molecule has 2 aliphatic rings. The minimum absolute atomic E-state index is 0.147. The summed E-state index contributed by atoms with van der Waals surface area (Å²) in [6, 6.07) is 0.342. The summed E-state index contributed by atoms with van der Waals surface area (Å²) in [7, 11) is 0. The monoisotopic (exact) mass is 206 g/mol. The van der Waals surface area contributed by atoms with Crippen molar-refractivity contribution in [1.29, 1.82) is 0 Å². The van der Waals surface area contributed by atoms with Gasteiger partial charge in [0.05, 0.1) is 11.7 Å². The van der Waals surface area contributed by atoms with Gasteiger partial charge in [-0.2, -0.15) is 0 Å². The number of carbonyl (C=O) groups is 1. The zero-order valence-corrected chi connectivity index (χ0v) is 8.76. The Bertz CT molecular complexity index is 390. The molecule has 0 spiro atoms. The van der Waals surface area contributed by atoms with Crippen LogP contribution in [0.4, 0.5) is 0 Å². The van der Waals surface area contributed by atoms with Gasteiger partial charge in [0.25, 0.3) is 0 Å². The standard InChI is InChI=1S/C10H14N4O/c1-7(15)13-4-9(5-13)14-6-10(11-12-14)8-2-3-8/h6,8-9H,2-5H2,1H3. The van der Waals surface area contributed by atoms with Crippen molar-refractivity contribution in [3.05, 3.63) is 11.9 Å². The van der Waals surface area contributed by atoms with Gasteiger partial charge < -0.3 is 4.90 Å². The van der Waals surface area contributed by atoms with E-state index in [-0.39, 0.29) is 5.91 Å². The summed E-state index contributed by atoms with van der Waals surface area (Å²) in [5.41, 5.74) is 1.12. The maximum absolute atomic E-state index is 11.0. The van der Waals surface area contributed by atoms with Gasteiger partial charge in [-0.25, -0.2) is 4.68 Å². The average molecular weight is 206 g/mol. The van der Waals surface area contributed by atoms with Crippen molar-refractivity contribution in [2.45, 2.75) is 31.7 Å². The summed E-state index contributed by atoms with van der Waals surface area (Å²) in [6.07, 6.45) is 4.55. The maximum atomic E-state index is 11.0. The summed E-state index contributed by atoms with van der Waals surface area (Å²) in [5, 5.41) is 8.28. The first-order valence-electron chi connectivity index (χ1n) is 5.41. The normalized spacial score (nSPS) is 21.5. The van der Waals surface area contributed by atoms with Crippen LogP contribution in [0, 0.1) is 0 Å². The average Bonchev–Trinajstić information content (AvgIpc) is 2.84. The molecule has 1 aliphatic heterocycles. The molecule has 0 atom stereocenters. The van der Waals surface area contributed by atoms with Crippen molar-refractivity contribution in [3.8, 4) is 0 Å². The second-order valence-corrected chi connectivity index (χ2v) is 4.48. The lowest BCUT2D eigenvalue weighted by Crippen LogP contribution is -2.50. The molecule has 80 valence electrons. The molecule has 5 heteroatoms. The fourth-order valence-corrected chi connectivity index (χ4v) is 1.91. The Hall–Kier alpha value is -1.39. The van der Waals surface area contributed by atoms with Crippen molar-refractivity contribution < 1.29 is 4.79 Å². The molecule has 15 heavy (non-hydrogen) atoms. The van der Waals surface area contributed by atoms with Crippen LogP contribution >= 0.6 is 0 Å². The van der Waals surface area contributed by atoms with E-state index < -0.39 is 0 Å². The van der Waals surface area contributed by atoms with Gasteiger partial charge in [0.1, 0.15) is 0 Å². The van der Waals surface area contributed by atoms with Gasteiger partial charge in [0.15, 0.2) is 0 Å². The molecule has 1 saturated heterocycles. The predicted molar refractivity (Wildman–Crippen MR) is 53.3 cm³/mol. The summed E-state index contributed by atoms with van der Waals surface area (Å²) in [4.78, 5) is 12.8. The Labute approximate surface area is 88.1 Å². The van der Waals surface area contributed by atoms with Crippen LogP contribution < -0.4 is 0 Å². The van der Waals surface area contributed by atoms with Gasteiger partial charge in [-0.15, -0.1) is 5.10 Å². The molecule has 2 heterocycles. The third-order valence-corrected chi connectivity index (χ3v) is 3.21. The topological polar surface area (TPSA) is 51.0 Å². The van der Waals surface area contributed by atoms with Crippen LogP contribution in [-0.4, -0.2) is 38.9 Å². The lowest BCUT2D eigenvalue weighted by molar-refractivity contribution is -0.134. The van der Waals surface area contributed by atoms with E-state index in [1.165, 1.54) is 12.8 Å². The van der Waals surface area contributed by atoms with Crippen LogP contribution in [-0.2, 0) is 4.79 Å². The number of carbonyl (C=O) groups excluding carboxylic acids is 1. The van der Waals surface area contributed by atoms with Gasteiger partial charge in [0.2, 0.25) is 5.91 Å². The lowest BCUT2D eigenvalue weighted by atomic mass is 10.1. The first-order chi connectivity index (χ1) is 7.24. The van der Waals surface area contributed by atoms with Crippen molar-refractivity contribution >= 4 is 5.91 Å². The van der Waals surface area contributed by atoms with E-state index in [1.807, 2.05) is 15.8 Å². The first kappa shape index (κ1) is 8.88. The number of aromatic nitrogens is 3. The number of likely N-dealkylation sites (tertiary alicyclic amines) is 1. The van der Waals surface area contributed by atoms with Crippen LogP contribution in [0.15, 0.2) is 6.20 Å². The molecular formula is C10H14N4O. The number of amides is 1. The Balaban J connectivity index is 1.65. The molecular weight excluding hydrogens is 192 g/mol. The second kappa shape index (κ2) is 3.05. The minimum Gasteiger partial charge on any atom is -0.339 e. The molecule has 1 saturated carbocycles. The van der Waals surface area contributed by atoms with Crippen molar-refractivity contribution in [2.24, 2.45) is 0 Å². The molecule has 0 aromatic carbocycles. The maximum Gasteiger partial charge on any atom is 0.219 e. The van der Waals surface area contributed by atoms with E-state index in [1.54, 1.807) is 6.92 Å². The quantitative estimate of drug-likeness (QED) is 0.710. The Morgan fingerprint density at radius 3 is 2.80 bits per heavy atom. The number of hydrogen-bond donors (Lipinski definition) is 0. The molecule has 2 fully saturated rings. The fourth-order valence-electron chi connectivity index (χ4n) is 1.91. The van der Waals surface area contributed by atoms with E-state index in [4.69, 9.17) is 0 Å². The summed E-state index contributed by atoms with van der Waals surface area (Å²) in [6.45, 7) is 3.17. The van der Waals surface area contributed by atoms with Gasteiger partial charge in [-0.3, -0.25) is 4.79 Å². The number of rotatable bonds is 2. The molecule has 1 aromatic heterocycles. The lowest BCUT2D eigenvalue weighted by Gasteiger charge is -2.38. The molecule has 0 unspecified atom stereocenters. The Kier molecular flexibility index (Phi) is 1.81. The van der Waals surface area contributed by atoms with Crippen LogP contribution in [0.3, 0.4) is 0 Å². The fraction of sp³-hybridized carbons (Fsp3) is 0.700. The highest BCUT2D eigenvalue weighted by molar-refractivity contribution is 5.74. The van der Waals surface area contributed by atoms with Gasteiger partial charge in [-0.1, -0.05) is 5.21 Å². The zero-order valence-electron chi connectivity index (χ0n) is 8.76. The summed E-state index contributed by atoms with van der Waals surface area (Å²) in [5.74, 6) is 0.802. The largest absolute Gasteiger partial charge is 0.339 e. The zero-order chi connectivity index (χ0) is 10.4. The van der Waals surface area contributed by atoms with E-state index in [9.17, 15) is 4.79 Å². The van der Waals surface area contributed by atoms with Crippen molar-refractivity contribution in [1.82, 2.24) is 19.9 Å². The molecule has 0 N–H and O–H groups in total. The third kappa shape index (κ3) is 1.52. The molecule has 1 aromatic rings. The van der Waals surface area contributed by atoms with Gasteiger partial charge >= 0.3 is 0 Å². The molecule has 1 amide bonds. The van der Waals surface area contributed by atoms with Crippen LogP contribution in [0.2, 0.25) is 0 Å². The Morgan fingerprint density at radius 2 is 2.20 bits per heavy atom. The minimum atomic E-state index is 0.147.